The molecular weight excluding hydrogens is 326 g/mol. The molecule has 0 bridgehead atoms. The lowest BCUT2D eigenvalue weighted by Gasteiger charge is -2.06. The first-order valence-corrected chi connectivity index (χ1v) is 8.28. The number of methoxy groups -OCH3 is 1. The lowest BCUT2D eigenvalue weighted by Crippen LogP contribution is -2.06. The molecule has 0 saturated heterocycles. The van der Waals surface area contributed by atoms with E-state index in [4.69, 9.17) is 4.74 Å². The molecule has 4 rings (SSSR count). The average Bonchev–Trinajstić information content (AvgIpc) is 3.08. The van der Waals surface area contributed by atoms with Gasteiger partial charge < -0.3 is 14.5 Å². The third kappa shape index (κ3) is 2.93. The van der Waals surface area contributed by atoms with Gasteiger partial charge in [-0.1, -0.05) is 60.7 Å². The van der Waals surface area contributed by atoms with Gasteiger partial charge in [-0.25, -0.2) is 4.79 Å². The number of aromatic amines is 1. The Morgan fingerprint density at radius 3 is 2.15 bits per heavy atom. The van der Waals surface area contributed by atoms with Crippen molar-refractivity contribution in [2.24, 2.45) is 0 Å². The maximum atomic E-state index is 11.4. The summed E-state index contributed by atoms with van der Waals surface area (Å²) >= 11 is 0. The van der Waals surface area contributed by atoms with Gasteiger partial charge in [-0.3, -0.25) is 0 Å². The zero-order chi connectivity index (χ0) is 17.9. The number of aromatic nitrogens is 1. The summed E-state index contributed by atoms with van der Waals surface area (Å²) in [6, 6.07) is 25.8. The van der Waals surface area contributed by atoms with E-state index in [0.29, 0.717) is 5.75 Å². The SMILES string of the molecule is COC(=O)Oc1ccc2[nH]c(-c3ccccc3)c(-c3ccccc3)c2c1. The van der Waals surface area contributed by atoms with Crippen molar-refractivity contribution >= 4 is 17.1 Å². The largest absolute Gasteiger partial charge is 0.513 e. The summed E-state index contributed by atoms with van der Waals surface area (Å²) in [7, 11) is 1.29. The number of hydrogen-bond acceptors (Lipinski definition) is 3. The molecule has 0 spiro atoms. The number of ether oxygens (including phenoxy) is 2. The van der Waals surface area contributed by atoms with Crippen LogP contribution in [0.2, 0.25) is 0 Å². The molecule has 0 radical (unpaired) electrons. The van der Waals surface area contributed by atoms with E-state index in [1.165, 1.54) is 7.11 Å². The second-order valence-corrected chi connectivity index (χ2v) is 5.87. The van der Waals surface area contributed by atoms with E-state index in [1.54, 1.807) is 6.07 Å². The van der Waals surface area contributed by atoms with Gasteiger partial charge in [0, 0.05) is 16.5 Å². The lowest BCUT2D eigenvalue weighted by molar-refractivity contribution is 0.121. The van der Waals surface area contributed by atoms with Gasteiger partial charge in [0.25, 0.3) is 0 Å². The number of hydrogen-bond donors (Lipinski definition) is 1. The standard InChI is InChI=1S/C22H17NO3/c1-25-22(24)26-17-12-13-19-18(14-17)20(15-8-4-2-5-9-15)21(23-19)16-10-6-3-7-11-16/h2-14,23H,1H3. The molecule has 4 heteroatoms. The summed E-state index contributed by atoms with van der Waals surface area (Å²) in [6.07, 6.45) is -0.732. The smallest absolute Gasteiger partial charge is 0.437 e. The molecule has 4 nitrogen and oxygen atoms in total. The lowest BCUT2D eigenvalue weighted by atomic mass is 9.98. The molecule has 1 heterocycles. The predicted octanol–water partition coefficient (Wildman–Crippen LogP) is 5.65. The van der Waals surface area contributed by atoms with E-state index >= 15 is 0 Å². The molecule has 1 aromatic heterocycles. The number of H-pyrrole nitrogens is 1. The van der Waals surface area contributed by atoms with Crippen molar-refractivity contribution < 1.29 is 14.3 Å². The van der Waals surface area contributed by atoms with E-state index in [1.807, 2.05) is 48.5 Å². The van der Waals surface area contributed by atoms with Crippen LogP contribution in [-0.4, -0.2) is 18.2 Å². The predicted molar refractivity (Wildman–Crippen MR) is 102 cm³/mol. The number of nitrogens with one attached hydrogen (secondary N) is 1. The van der Waals surface area contributed by atoms with Crippen molar-refractivity contribution in [1.82, 2.24) is 4.98 Å². The van der Waals surface area contributed by atoms with Gasteiger partial charge in [0.2, 0.25) is 0 Å². The number of rotatable bonds is 3. The second kappa shape index (κ2) is 6.76. The van der Waals surface area contributed by atoms with Gasteiger partial charge >= 0.3 is 6.16 Å². The second-order valence-electron chi connectivity index (χ2n) is 5.87. The van der Waals surface area contributed by atoms with Crippen molar-refractivity contribution in [3.05, 3.63) is 78.9 Å². The third-order valence-electron chi connectivity index (χ3n) is 4.26. The Hall–Kier alpha value is -3.53. The number of carbonyl (C=O) groups excluding carboxylic acids is 1. The Morgan fingerprint density at radius 1 is 0.846 bits per heavy atom. The summed E-state index contributed by atoms with van der Waals surface area (Å²) in [5.41, 5.74) is 5.26. The Labute approximate surface area is 151 Å². The first-order chi connectivity index (χ1) is 12.8. The Kier molecular flexibility index (Phi) is 4.15. The van der Waals surface area contributed by atoms with Crippen LogP contribution in [0.4, 0.5) is 4.79 Å². The fourth-order valence-corrected chi connectivity index (χ4v) is 3.10. The first kappa shape index (κ1) is 16.0. The highest BCUT2D eigenvalue weighted by Crippen LogP contribution is 2.39. The molecule has 0 saturated carbocycles. The van der Waals surface area contributed by atoms with Gasteiger partial charge in [0.15, 0.2) is 0 Å². The quantitative estimate of drug-likeness (QED) is 0.386. The third-order valence-corrected chi connectivity index (χ3v) is 4.26. The molecule has 0 fully saturated rings. The Bertz CT molecular complexity index is 1050. The van der Waals surface area contributed by atoms with Gasteiger partial charge in [0.1, 0.15) is 5.75 Å². The van der Waals surface area contributed by atoms with Crippen LogP contribution in [-0.2, 0) is 4.74 Å². The molecule has 0 aliphatic rings. The molecule has 0 atom stereocenters. The molecule has 4 aromatic rings. The van der Waals surface area contributed by atoms with Crippen molar-refractivity contribution in [2.45, 2.75) is 0 Å². The highest BCUT2D eigenvalue weighted by atomic mass is 16.7. The van der Waals surface area contributed by atoms with Crippen LogP contribution in [0.3, 0.4) is 0 Å². The minimum Gasteiger partial charge on any atom is -0.437 e. The minimum atomic E-state index is -0.732. The van der Waals surface area contributed by atoms with Crippen LogP contribution in [0.15, 0.2) is 78.9 Å². The van der Waals surface area contributed by atoms with E-state index in [9.17, 15) is 4.79 Å². The molecule has 3 aromatic carbocycles. The van der Waals surface area contributed by atoms with E-state index in [2.05, 4.69) is 34.0 Å². The first-order valence-electron chi connectivity index (χ1n) is 8.28. The number of benzene rings is 3. The van der Waals surface area contributed by atoms with Gasteiger partial charge in [-0.15, -0.1) is 0 Å². The molecule has 0 aliphatic carbocycles. The highest BCUT2D eigenvalue weighted by molar-refractivity contribution is 6.04. The monoisotopic (exact) mass is 343 g/mol. The highest BCUT2D eigenvalue weighted by Gasteiger charge is 2.16. The molecule has 0 aliphatic heterocycles. The fourth-order valence-electron chi connectivity index (χ4n) is 3.10. The maximum absolute atomic E-state index is 11.4. The zero-order valence-corrected chi connectivity index (χ0v) is 14.2. The summed E-state index contributed by atoms with van der Waals surface area (Å²) < 4.78 is 9.79. The van der Waals surface area contributed by atoms with Crippen molar-refractivity contribution in [3.8, 4) is 28.1 Å². The van der Waals surface area contributed by atoms with Gasteiger partial charge in [-0.05, 0) is 29.3 Å². The van der Waals surface area contributed by atoms with Crippen LogP contribution in [0.5, 0.6) is 5.75 Å². The normalized spacial score (nSPS) is 10.7. The molecule has 128 valence electrons. The van der Waals surface area contributed by atoms with Crippen LogP contribution in [0.1, 0.15) is 0 Å². The Morgan fingerprint density at radius 2 is 1.50 bits per heavy atom. The van der Waals surface area contributed by atoms with Crippen LogP contribution < -0.4 is 4.74 Å². The van der Waals surface area contributed by atoms with Crippen LogP contribution in [0, 0.1) is 0 Å². The molecule has 0 unspecified atom stereocenters. The molecule has 1 N–H and O–H groups in total. The van der Waals surface area contributed by atoms with Gasteiger partial charge in [-0.2, -0.15) is 0 Å². The zero-order valence-electron chi connectivity index (χ0n) is 14.2. The van der Waals surface area contributed by atoms with E-state index in [0.717, 1.165) is 33.3 Å². The van der Waals surface area contributed by atoms with Crippen molar-refractivity contribution in [1.29, 1.82) is 0 Å². The fraction of sp³-hybridized carbons (Fsp3) is 0.0455. The molecular formula is C22H17NO3. The van der Waals surface area contributed by atoms with Crippen molar-refractivity contribution in [2.75, 3.05) is 7.11 Å². The summed E-state index contributed by atoms with van der Waals surface area (Å²) in [6.45, 7) is 0. The minimum absolute atomic E-state index is 0.445. The summed E-state index contributed by atoms with van der Waals surface area (Å²) in [4.78, 5) is 14.9. The summed E-state index contributed by atoms with van der Waals surface area (Å²) in [5, 5.41) is 0.983. The van der Waals surface area contributed by atoms with Crippen LogP contribution in [0.25, 0.3) is 33.3 Å². The Balaban J connectivity index is 1.95. The molecule has 0 amide bonds. The van der Waals surface area contributed by atoms with Gasteiger partial charge in [0.05, 0.1) is 12.8 Å². The molecule has 26 heavy (non-hydrogen) atoms. The van der Waals surface area contributed by atoms with Crippen LogP contribution >= 0.6 is 0 Å². The summed E-state index contributed by atoms with van der Waals surface area (Å²) in [5.74, 6) is 0.445. The van der Waals surface area contributed by atoms with E-state index < -0.39 is 6.16 Å². The van der Waals surface area contributed by atoms with Crippen molar-refractivity contribution in [3.63, 3.8) is 0 Å². The topological polar surface area (TPSA) is 51.3 Å². The maximum Gasteiger partial charge on any atom is 0.513 e. The van der Waals surface area contributed by atoms with E-state index in [-0.39, 0.29) is 0 Å². The number of fused-ring (bicyclic) bond motifs is 1. The average molecular weight is 343 g/mol. The number of carbonyl (C=O) groups is 1.